The largest absolute Gasteiger partial charge is 1.00 e. The third kappa shape index (κ3) is 14.5. The van der Waals surface area contributed by atoms with Gasteiger partial charge >= 0.3 is 36.8 Å². The Kier molecular flexibility index (Phi) is 18.4. The van der Waals surface area contributed by atoms with Crippen molar-refractivity contribution >= 4 is 58.6 Å². The first-order chi connectivity index (χ1) is 23.2. The minimum absolute atomic E-state index is 0. The van der Waals surface area contributed by atoms with Crippen molar-refractivity contribution in [2.75, 3.05) is 30.6 Å². The average molecular weight is 707 g/mol. The summed E-state index contributed by atoms with van der Waals surface area (Å²) in [6, 6.07) is 8.90. The van der Waals surface area contributed by atoms with Crippen molar-refractivity contribution in [3.63, 3.8) is 0 Å². The number of esters is 2. The zero-order chi connectivity index (χ0) is 34.7. The van der Waals surface area contributed by atoms with E-state index < -0.39 is 17.9 Å². The Labute approximate surface area is 297 Å². The molecule has 0 amide bonds. The van der Waals surface area contributed by atoms with Crippen molar-refractivity contribution < 1.29 is 66.9 Å². The Morgan fingerprint density at radius 1 is 0.680 bits per heavy atom. The molecule has 6 aromatic rings. The van der Waals surface area contributed by atoms with Gasteiger partial charge in [0.2, 0.25) is 0 Å². The fourth-order valence-electron chi connectivity index (χ4n) is 2.77. The van der Waals surface area contributed by atoms with E-state index in [0.717, 1.165) is 6.33 Å². The van der Waals surface area contributed by atoms with Gasteiger partial charge in [0.05, 0.1) is 14.2 Å². The van der Waals surface area contributed by atoms with E-state index in [0.29, 0.717) is 29.1 Å². The number of hydrogen-bond donors (Lipinski definition) is 4. The molecule has 24 heteroatoms. The number of anilines is 5. The Hall–Kier alpha value is -6.47. The monoisotopic (exact) mass is 706 g/mol. The molecule has 50 heavy (non-hydrogen) atoms. The molecular weight excluding hydrogens is 683 g/mol. The number of hydrogen-bond acceptors (Lipinski definition) is 21. The summed E-state index contributed by atoms with van der Waals surface area (Å²) in [7, 11) is 2.56. The number of nitrogen functional groups attached to an aromatic ring is 1. The summed E-state index contributed by atoms with van der Waals surface area (Å²) < 4.78 is 22.5. The van der Waals surface area contributed by atoms with Crippen LogP contribution in [0.2, 0.25) is 5.15 Å². The van der Waals surface area contributed by atoms with Gasteiger partial charge in [-0.1, -0.05) is 27.1 Å². The topological polar surface area (TPSA) is 325 Å². The number of carboxylic acids is 1. The van der Waals surface area contributed by atoms with E-state index in [1.165, 1.54) is 63.9 Å². The van der Waals surface area contributed by atoms with Crippen LogP contribution in [0, 0.1) is 0 Å². The molecule has 0 aromatic carbocycles. The van der Waals surface area contributed by atoms with Crippen molar-refractivity contribution in [3.8, 4) is 0 Å². The van der Waals surface area contributed by atoms with E-state index >= 15 is 0 Å². The smallest absolute Gasteiger partial charge is 0.870 e. The number of aromatic nitrogens is 9. The molecule has 22 nitrogen and oxygen atoms in total. The molecule has 0 fully saturated rings. The number of nitrogens with two attached hydrogens (primary N) is 1. The van der Waals surface area contributed by atoms with E-state index in [-0.39, 0.29) is 46.6 Å². The Morgan fingerprint density at radius 2 is 1.12 bits per heavy atom. The van der Waals surface area contributed by atoms with Crippen molar-refractivity contribution in [1.29, 1.82) is 0 Å². The van der Waals surface area contributed by atoms with Gasteiger partial charge in [0, 0.05) is 36.4 Å². The number of nitrogens with one attached hydrogen (secondary N) is 2. The zero-order valence-corrected chi connectivity index (χ0v) is 26.8. The Balaban J connectivity index is 0.000000344. The van der Waals surface area contributed by atoms with E-state index in [4.69, 9.17) is 22.4 Å². The van der Waals surface area contributed by atoms with Crippen LogP contribution >= 0.6 is 11.6 Å². The molecular formula is C26H24ClLiN12O10. The molecule has 0 bridgehead atoms. The maximum absolute atomic E-state index is 11.2. The number of ether oxygens (including phenoxy) is 2. The summed E-state index contributed by atoms with van der Waals surface area (Å²) in [5.74, 6) is -0.00402. The third-order valence-corrected chi connectivity index (χ3v) is 5.03. The van der Waals surface area contributed by atoms with Crippen LogP contribution in [-0.4, -0.2) is 88.1 Å². The molecule has 0 aliphatic carbocycles. The van der Waals surface area contributed by atoms with Gasteiger partial charge in [-0.25, -0.2) is 44.3 Å². The first-order valence-electron chi connectivity index (χ1n) is 12.7. The minimum Gasteiger partial charge on any atom is -0.870 e. The molecule has 0 aliphatic heterocycles. The quantitative estimate of drug-likeness (QED) is 0.0956. The number of methoxy groups -OCH3 is 2. The van der Waals surface area contributed by atoms with E-state index in [2.05, 4.69) is 79.1 Å². The fraction of sp³-hybridized carbons (Fsp3) is 0.0769. The minimum atomic E-state index is -1.11. The third-order valence-electron chi connectivity index (χ3n) is 4.82. The average Bonchev–Trinajstić information content (AvgIpc) is 3.91. The number of rotatable bonds is 7. The molecule has 0 radical (unpaired) electrons. The molecule has 0 atom stereocenters. The van der Waals surface area contributed by atoms with Crippen molar-refractivity contribution in [3.05, 3.63) is 96.4 Å². The molecule has 0 saturated carbocycles. The maximum Gasteiger partial charge on any atom is 1.00 e. The molecule has 6 rings (SSSR count). The summed E-state index contributed by atoms with van der Waals surface area (Å²) in [5.41, 5.74) is 5.32. The van der Waals surface area contributed by atoms with Crippen LogP contribution in [-0.2, 0) is 9.47 Å². The Morgan fingerprint density at radius 3 is 1.50 bits per heavy atom. The second kappa shape index (κ2) is 22.2. The zero-order valence-electron chi connectivity index (χ0n) is 26.1. The number of halogens is 1. The van der Waals surface area contributed by atoms with Gasteiger partial charge in [-0.2, -0.15) is 0 Å². The normalized spacial score (nSPS) is 9.18. The van der Waals surface area contributed by atoms with Gasteiger partial charge in [0.25, 0.3) is 0 Å². The van der Waals surface area contributed by atoms with Crippen molar-refractivity contribution in [2.24, 2.45) is 0 Å². The molecule has 6 aromatic heterocycles. The summed E-state index contributed by atoms with van der Waals surface area (Å²) in [4.78, 5) is 54.9. The van der Waals surface area contributed by atoms with Crippen LogP contribution < -0.4 is 35.2 Å². The van der Waals surface area contributed by atoms with E-state index in [1.54, 1.807) is 18.2 Å². The molecule has 256 valence electrons. The maximum atomic E-state index is 11.2. The number of carbonyl (C=O) groups is 3. The van der Waals surface area contributed by atoms with Gasteiger partial charge in [-0.05, 0) is 0 Å². The molecule has 0 aliphatic rings. The first kappa shape index (κ1) is 41.6. The molecule has 0 saturated heterocycles. The Bertz CT molecular complexity index is 1870. The van der Waals surface area contributed by atoms with Crippen LogP contribution in [0.5, 0.6) is 0 Å². The van der Waals surface area contributed by atoms with Crippen LogP contribution in [0.15, 0.2) is 87.7 Å². The van der Waals surface area contributed by atoms with E-state index in [9.17, 15) is 14.4 Å². The van der Waals surface area contributed by atoms with Gasteiger partial charge in [-0.15, -0.1) is 0 Å². The van der Waals surface area contributed by atoms with Crippen LogP contribution in [0.4, 0.5) is 29.1 Å². The number of nitrogens with zero attached hydrogens (tertiary/aromatic N) is 9. The van der Waals surface area contributed by atoms with Gasteiger partial charge < -0.3 is 50.0 Å². The summed E-state index contributed by atoms with van der Waals surface area (Å²) in [5, 5.41) is 25.1. The van der Waals surface area contributed by atoms with Crippen LogP contribution in [0.25, 0.3) is 0 Å². The standard InChI is InChI=1S/C9H8N4O3.C8H6N4O3.C6H5ClN2O2.C3H4N2O.Li.H2O/c1-15-9(14)6-4-8(11-5-10-6)12-7-2-3-16-13-7;13-8(14)5-3-7(10-4-9-5)11-6-1-2-15-12-6;1-11-6(10)4-2-5(7)9-3-8-4;4-3-1-2-6-5-3;;/h2-5H,1H3,(H,10,11,12,13);1-4H,(H,13,14)(H,9,10,11,12);2-3H,1H3;1-2H,(H2,4,5);;1H2/q;;;;+1;/p-1. The molecule has 0 unspecified atom stereocenters. The van der Waals surface area contributed by atoms with Gasteiger partial charge in [0.15, 0.2) is 34.5 Å². The second-order valence-electron chi connectivity index (χ2n) is 8.03. The SMILES string of the molecule is COC(=O)c1cc(Cl)ncn1.COC(=O)c1cc(Nc2ccon2)ncn1.Nc1ccon1.O=C(O)c1cc(Nc2ccon2)ncn1.[Li+].[OH-]. The number of carboxylic acid groups (broad SMARTS) is 1. The fourth-order valence-corrected chi connectivity index (χ4v) is 2.92. The van der Waals surface area contributed by atoms with Gasteiger partial charge in [-0.3, -0.25) is 0 Å². The predicted octanol–water partition coefficient (Wildman–Crippen LogP) is -0.0982. The van der Waals surface area contributed by atoms with Gasteiger partial charge in [0.1, 0.15) is 54.6 Å². The molecule has 6 N–H and O–H groups in total. The van der Waals surface area contributed by atoms with Crippen LogP contribution in [0.3, 0.4) is 0 Å². The molecule has 6 heterocycles. The summed E-state index contributed by atoms with van der Waals surface area (Å²) in [6.07, 6.45) is 7.86. The second-order valence-corrected chi connectivity index (χ2v) is 8.42. The summed E-state index contributed by atoms with van der Waals surface area (Å²) in [6.45, 7) is 0. The first-order valence-corrected chi connectivity index (χ1v) is 13.1. The molecule has 0 spiro atoms. The van der Waals surface area contributed by atoms with Crippen molar-refractivity contribution in [2.45, 2.75) is 0 Å². The van der Waals surface area contributed by atoms with Crippen molar-refractivity contribution in [1.82, 2.24) is 45.4 Å². The summed E-state index contributed by atoms with van der Waals surface area (Å²) >= 11 is 5.49. The number of carbonyl (C=O) groups excluding carboxylic acids is 2. The van der Waals surface area contributed by atoms with Crippen LogP contribution in [0.1, 0.15) is 31.5 Å². The number of aromatic carboxylic acids is 1. The van der Waals surface area contributed by atoms with E-state index in [1.807, 2.05) is 0 Å². The predicted molar refractivity (Wildman–Crippen MR) is 163 cm³/mol.